The monoisotopic (exact) mass is 479 g/mol. The molecule has 0 bridgehead atoms. The van der Waals surface area contributed by atoms with Crippen molar-refractivity contribution in [2.45, 2.75) is 38.1 Å². The van der Waals surface area contributed by atoms with Gasteiger partial charge in [-0.05, 0) is 50.3 Å². The Kier molecular flexibility index (Phi) is 5.12. The number of amides is 2. The Morgan fingerprint density at radius 2 is 2.06 bits per heavy atom. The molecule has 2 fully saturated rings. The molecule has 9 heteroatoms. The highest BCUT2D eigenvalue weighted by atomic mass is 16.5. The summed E-state index contributed by atoms with van der Waals surface area (Å²) in [6, 6.07) is 6.02. The average molecular weight is 480 g/mol. The minimum absolute atomic E-state index is 0.0511. The first-order chi connectivity index (χ1) is 16.8. The smallest absolute Gasteiger partial charge is 0.322 e. The number of carbonyl (C=O) groups is 1. The molecule has 1 spiro atoms. The van der Waals surface area contributed by atoms with E-state index in [0.29, 0.717) is 36.1 Å². The van der Waals surface area contributed by atoms with E-state index in [1.54, 1.807) is 14.0 Å². The van der Waals surface area contributed by atoms with Gasteiger partial charge in [-0.3, -0.25) is 4.90 Å². The number of aliphatic hydroxyl groups is 1. The highest BCUT2D eigenvalue weighted by Crippen LogP contribution is 2.50. The van der Waals surface area contributed by atoms with Gasteiger partial charge in [-0.1, -0.05) is 5.16 Å². The van der Waals surface area contributed by atoms with Crippen LogP contribution < -0.4 is 10.1 Å². The van der Waals surface area contributed by atoms with Crippen LogP contribution in [0, 0.1) is 19.8 Å². The third-order valence-electron chi connectivity index (χ3n) is 8.15. The van der Waals surface area contributed by atoms with E-state index in [9.17, 15) is 9.90 Å². The lowest BCUT2D eigenvalue weighted by molar-refractivity contribution is 0.0130. The zero-order chi connectivity index (χ0) is 24.5. The van der Waals surface area contributed by atoms with Crippen LogP contribution >= 0.6 is 0 Å². The lowest BCUT2D eigenvalue weighted by atomic mass is 9.68. The summed E-state index contributed by atoms with van der Waals surface area (Å²) in [6.07, 6.45) is 2.51. The van der Waals surface area contributed by atoms with Gasteiger partial charge in [0, 0.05) is 55.8 Å². The van der Waals surface area contributed by atoms with Crippen LogP contribution in [0.1, 0.15) is 41.6 Å². The number of anilines is 1. The Hall–Kier alpha value is -3.04. The number of nitrogens with zero attached hydrogens (tertiary/aromatic N) is 4. The molecular formula is C26H33N5O4. The van der Waals surface area contributed by atoms with Crippen LogP contribution in [-0.2, 0) is 12.5 Å². The van der Waals surface area contributed by atoms with Crippen molar-refractivity contribution in [3.05, 3.63) is 40.9 Å². The molecule has 1 aliphatic carbocycles. The van der Waals surface area contributed by atoms with Crippen LogP contribution in [0.25, 0.3) is 10.9 Å². The fraction of sp³-hybridized carbons (Fsp3) is 0.538. The van der Waals surface area contributed by atoms with Crippen LogP contribution in [0.2, 0.25) is 0 Å². The number of benzene rings is 1. The number of likely N-dealkylation sites (tertiary alicyclic amines) is 1. The normalized spacial score (nSPS) is 21.3. The predicted molar refractivity (Wildman–Crippen MR) is 132 cm³/mol. The van der Waals surface area contributed by atoms with Gasteiger partial charge in [0.2, 0.25) is 0 Å². The molecule has 6 rings (SSSR count). The minimum atomic E-state index is -0.180. The summed E-state index contributed by atoms with van der Waals surface area (Å²) in [6.45, 7) is 6.78. The summed E-state index contributed by atoms with van der Waals surface area (Å²) >= 11 is 0. The van der Waals surface area contributed by atoms with Crippen molar-refractivity contribution in [1.29, 1.82) is 0 Å². The van der Waals surface area contributed by atoms with Crippen molar-refractivity contribution in [3.8, 4) is 5.75 Å². The van der Waals surface area contributed by atoms with Gasteiger partial charge < -0.3 is 29.2 Å². The molecule has 2 N–H and O–H groups in total. The number of hydrogen-bond acceptors (Lipinski definition) is 6. The summed E-state index contributed by atoms with van der Waals surface area (Å²) in [5.74, 6) is 2.13. The zero-order valence-corrected chi connectivity index (χ0v) is 20.8. The van der Waals surface area contributed by atoms with Crippen molar-refractivity contribution in [3.63, 3.8) is 0 Å². The summed E-state index contributed by atoms with van der Waals surface area (Å²) in [5, 5.41) is 18.6. The molecule has 2 aliphatic heterocycles. The lowest BCUT2D eigenvalue weighted by Gasteiger charge is -2.56. The van der Waals surface area contributed by atoms with Crippen molar-refractivity contribution < 1.29 is 19.2 Å². The quantitative estimate of drug-likeness (QED) is 0.583. The van der Waals surface area contributed by atoms with Crippen molar-refractivity contribution in [2.24, 2.45) is 13.0 Å². The van der Waals surface area contributed by atoms with E-state index < -0.39 is 0 Å². The van der Waals surface area contributed by atoms with Crippen LogP contribution in [-0.4, -0.2) is 70.6 Å². The maximum atomic E-state index is 13.1. The molecule has 1 atom stereocenters. The molecule has 0 radical (unpaired) electrons. The molecule has 9 nitrogen and oxygen atoms in total. The van der Waals surface area contributed by atoms with Crippen LogP contribution in [0.3, 0.4) is 0 Å². The van der Waals surface area contributed by atoms with E-state index in [1.807, 2.05) is 17.9 Å². The van der Waals surface area contributed by atoms with E-state index >= 15 is 0 Å². The van der Waals surface area contributed by atoms with E-state index in [4.69, 9.17) is 9.26 Å². The van der Waals surface area contributed by atoms with Gasteiger partial charge in [-0.2, -0.15) is 0 Å². The van der Waals surface area contributed by atoms with Gasteiger partial charge in [0.1, 0.15) is 17.1 Å². The molecule has 0 unspecified atom stereocenters. The van der Waals surface area contributed by atoms with E-state index in [1.165, 1.54) is 23.8 Å². The van der Waals surface area contributed by atoms with E-state index in [0.717, 1.165) is 30.0 Å². The number of rotatable bonds is 5. The third-order valence-corrected chi connectivity index (χ3v) is 8.15. The number of urea groups is 1. The molecule has 186 valence electrons. The van der Waals surface area contributed by atoms with Gasteiger partial charge in [0.15, 0.2) is 5.76 Å². The number of hydrogen-bond donors (Lipinski definition) is 2. The standard InChI is InChI=1S/C26H33N5O4/c1-15-23(16(2)35-28-15)27-25(33)31-13-26(14-31)12-30(10-17-5-6-17)21(11-32)24-22(26)19-8-7-18(34-4)9-20(19)29(24)3/h7-9,17,21,32H,5-6,10-14H2,1-4H3,(H,27,33)/t21-/m1/s1. The van der Waals surface area contributed by atoms with Gasteiger partial charge >= 0.3 is 6.03 Å². The second kappa shape index (κ2) is 7.99. The van der Waals surface area contributed by atoms with Crippen molar-refractivity contribution in [2.75, 3.05) is 45.2 Å². The fourth-order valence-electron chi connectivity index (χ4n) is 6.22. The highest BCUT2D eigenvalue weighted by molar-refractivity contribution is 5.93. The molecule has 1 aromatic carbocycles. The Balaban J connectivity index is 1.38. The number of carbonyl (C=O) groups excluding carboxylic acids is 1. The molecule has 3 aliphatic rings. The van der Waals surface area contributed by atoms with Gasteiger partial charge in [-0.25, -0.2) is 4.79 Å². The molecule has 2 amide bonds. The third kappa shape index (κ3) is 3.43. The maximum Gasteiger partial charge on any atom is 0.322 e. The molecule has 1 saturated heterocycles. The SMILES string of the molecule is COc1ccc2c3c(n(C)c2c1)[C@@H](CO)N(CC1CC1)CC31CN(C(=O)Nc2c(C)noc2C)C1. The highest BCUT2D eigenvalue weighted by Gasteiger charge is 2.55. The summed E-state index contributed by atoms with van der Waals surface area (Å²) in [5.41, 5.74) is 4.67. The first kappa shape index (κ1) is 22.4. The maximum absolute atomic E-state index is 13.1. The topological polar surface area (TPSA) is 96.0 Å². The van der Waals surface area contributed by atoms with Gasteiger partial charge in [-0.15, -0.1) is 0 Å². The molecule has 35 heavy (non-hydrogen) atoms. The van der Waals surface area contributed by atoms with E-state index in [2.05, 4.69) is 39.1 Å². The van der Waals surface area contributed by atoms with Crippen LogP contribution in [0.15, 0.2) is 22.7 Å². The molecular weight excluding hydrogens is 446 g/mol. The number of fused-ring (bicyclic) bond motifs is 4. The molecule has 3 aromatic rings. The number of methoxy groups -OCH3 is 1. The van der Waals surface area contributed by atoms with Crippen molar-refractivity contribution in [1.82, 2.24) is 19.5 Å². The fourth-order valence-corrected chi connectivity index (χ4v) is 6.22. The van der Waals surface area contributed by atoms with Crippen molar-refractivity contribution >= 4 is 22.6 Å². The summed E-state index contributed by atoms with van der Waals surface area (Å²) < 4.78 is 12.9. The van der Waals surface area contributed by atoms with Crippen LogP contribution in [0.4, 0.5) is 10.5 Å². The summed E-state index contributed by atoms with van der Waals surface area (Å²) in [7, 11) is 3.76. The van der Waals surface area contributed by atoms with Gasteiger partial charge in [0.25, 0.3) is 0 Å². The number of ether oxygens (including phenoxy) is 1. The number of nitrogens with one attached hydrogen (secondary N) is 1. The van der Waals surface area contributed by atoms with Gasteiger partial charge in [0.05, 0.1) is 25.3 Å². The lowest BCUT2D eigenvalue weighted by Crippen LogP contribution is -2.68. The second-order valence-corrected chi connectivity index (χ2v) is 10.5. The Morgan fingerprint density at radius 3 is 2.69 bits per heavy atom. The Bertz CT molecular complexity index is 1280. The minimum Gasteiger partial charge on any atom is -0.497 e. The number of aliphatic hydroxyl groups excluding tert-OH is 1. The molecule has 1 saturated carbocycles. The molecule has 4 heterocycles. The Morgan fingerprint density at radius 1 is 1.29 bits per heavy atom. The second-order valence-electron chi connectivity index (χ2n) is 10.5. The first-order valence-electron chi connectivity index (χ1n) is 12.4. The Labute approximate surface area is 204 Å². The largest absolute Gasteiger partial charge is 0.497 e. The predicted octanol–water partition coefficient (Wildman–Crippen LogP) is 3.34. The van der Waals surface area contributed by atoms with E-state index in [-0.39, 0.29) is 24.1 Å². The average Bonchev–Trinajstić information content (AvgIpc) is 3.54. The molecule has 2 aromatic heterocycles. The van der Waals surface area contributed by atoms with Crippen LogP contribution in [0.5, 0.6) is 5.75 Å². The zero-order valence-electron chi connectivity index (χ0n) is 20.8. The summed E-state index contributed by atoms with van der Waals surface area (Å²) in [4.78, 5) is 17.5. The number of aromatic nitrogens is 2. The first-order valence-corrected chi connectivity index (χ1v) is 12.4. The number of aryl methyl sites for hydroxylation is 3.